The van der Waals surface area contributed by atoms with Crippen molar-refractivity contribution in [2.75, 3.05) is 13.1 Å². The minimum atomic E-state index is -0.788. The predicted octanol–water partition coefficient (Wildman–Crippen LogP) is 2.45. The fourth-order valence-electron chi connectivity index (χ4n) is 2.53. The zero-order valence-electron chi connectivity index (χ0n) is 11.1. The highest BCUT2D eigenvalue weighted by molar-refractivity contribution is 6.32. The van der Waals surface area contributed by atoms with E-state index in [9.17, 15) is 9.59 Å². The lowest BCUT2D eigenvalue weighted by Crippen LogP contribution is -2.40. The van der Waals surface area contributed by atoms with Crippen LogP contribution in [0.5, 0.6) is 0 Å². The van der Waals surface area contributed by atoms with Crippen LogP contribution in [0.4, 0.5) is 0 Å². The smallest absolute Gasteiger partial charge is 0.303 e. The summed E-state index contributed by atoms with van der Waals surface area (Å²) in [6.07, 6.45) is 4.18. The molecule has 2 heterocycles. The van der Waals surface area contributed by atoms with E-state index in [4.69, 9.17) is 16.7 Å². The van der Waals surface area contributed by atoms with E-state index in [0.717, 1.165) is 12.8 Å². The molecule has 5 nitrogen and oxygen atoms in total. The Labute approximate surface area is 122 Å². The lowest BCUT2D eigenvalue weighted by Gasteiger charge is -2.32. The summed E-state index contributed by atoms with van der Waals surface area (Å²) < 4.78 is 0. The zero-order valence-corrected chi connectivity index (χ0v) is 11.8. The summed E-state index contributed by atoms with van der Waals surface area (Å²) in [5.41, 5.74) is 0.410. The highest BCUT2D eigenvalue weighted by Gasteiger charge is 2.26. The van der Waals surface area contributed by atoms with Crippen molar-refractivity contribution in [3.63, 3.8) is 0 Å². The zero-order chi connectivity index (χ0) is 14.5. The molecular weight excluding hydrogens is 280 g/mol. The minimum absolute atomic E-state index is 0.122. The van der Waals surface area contributed by atoms with Gasteiger partial charge in [0.25, 0.3) is 5.91 Å². The van der Waals surface area contributed by atoms with Gasteiger partial charge in [-0.25, -0.2) is 4.98 Å². The Hall–Kier alpha value is -1.62. The van der Waals surface area contributed by atoms with Crippen molar-refractivity contribution >= 4 is 23.5 Å². The molecule has 20 heavy (non-hydrogen) atoms. The van der Waals surface area contributed by atoms with Crippen LogP contribution in [-0.4, -0.2) is 40.0 Å². The fraction of sp³-hybridized carbons (Fsp3) is 0.500. The van der Waals surface area contributed by atoms with E-state index in [2.05, 4.69) is 4.98 Å². The van der Waals surface area contributed by atoms with Gasteiger partial charge in [-0.05, 0) is 37.3 Å². The number of halogens is 1. The molecular formula is C14H17ClN2O3. The normalized spacial score (nSPS) is 18.9. The third-order valence-electron chi connectivity index (χ3n) is 3.56. The second-order valence-corrected chi connectivity index (χ2v) is 5.39. The molecule has 0 radical (unpaired) electrons. The molecule has 1 aliphatic heterocycles. The number of rotatable bonds is 4. The molecule has 1 amide bonds. The van der Waals surface area contributed by atoms with E-state index in [-0.39, 0.29) is 23.4 Å². The fourth-order valence-corrected chi connectivity index (χ4v) is 2.73. The minimum Gasteiger partial charge on any atom is -0.481 e. The monoisotopic (exact) mass is 296 g/mol. The van der Waals surface area contributed by atoms with Crippen LogP contribution in [0.3, 0.4) is 0 Å². The molecule has 2 rings (SSSR count). The van der Waals surface area contributed by atoms with Crippen molar-refractivity contribution in [2.45, 2.75) is 25.7 Å². The molecule has 1 atom stereocenters. The Kier molecular flexibility index (Phi) is 4.95. The number of nitrogens with zero attached hydrogens (tertiary/aromatic N) is 2. The van der Waals surface area contributed by atoms with Gasteiger partial charge in [0, 0.05) is 25.7 Å². The molecule has 0 bridgehead atoms. The van der Waals surface area contributed by atoms with Crippen molar-refractivity contribution < 1.29 is 14.7 Å². The van der Waals surface area contributed by atoms with Crippen LogP contribution in [0, 0.1) is 5.92 Å². The number of hydrogen-bond donors (Lipinski definition) is 1. The number of likely N-dealkylation sites (tertiary alicyclic amines) is 1. The van der Waals surface area contributed by atoms with Crippen LogP contribution < -0.4 is 0 Å². The molecule has 6 heteroatoms. The van der Waals surface area contributed by atoms with E-state index >= 15 is 0 Å². The topological polar surface area (TPSA) is 70.5 Å². The van der Waals surface area contributed by atoms with Crippen molar-refractivity contribution in [3.05, 3.63) is 29.0 Å². The molecule has 0 spiro atoms. The Morgan fingerprint density at radius 3 is 3.00 bits per heavy atom. The Morgan fingerprint density at radius 2 is 2.30 bits per heavy atom. The SMILES string of the molecule is O=C(O)CCC1CCCN(C(=O)c2cccnc2Cl)C1. The average Bonchev–Trinajstić information content (AvgIpc) is 2.45. The van der Waals surface area contributed by atoms with Gasteiger partial charge in [0.1, 0.15) is 5.15 Å². The highest BCUT2D eigenvalue weighted by atomic mass is 35.5. The number of carboxylic acids is 1. The molecule has 0 aromatic carbocycles. The third kappa shape index (κ3) is 3.70. The van der Waals surface area contributed by atoms with E-state index < -0.39 is 5.97 Å². The van der Waals surface area contributed by atoms with Crippen LogP contribution >= 0.6 is 11.6 Å². The van der Waals surface area contributed by atoms with Gasteiger partial charge in [0.05, 0.1) is 5.56 Å². The van der Waals surface area contributed by atoms with Crippen LogP contribution in [0.1, 0.15) is 36.0 Å². The lowest BCUT2D eigenvalue weighted by atomic mass is 9.93. The molecule has 0 aliphatic carbocycles. The molecule has 1 N–H and O–H groups in total. The van der Waals surface area contributed by atoms with Gasteiger partial charge in [0.2, 0.25) is 0 Å². The maximum absolute atomic E-state index is 12.4. The number of aliphatic carboxylic acids is 1. The van der Waals surface area contributed by atoms with Gasteiger partial charge in [-0.3, -0.25) is 9.59 Å². The molecule has 1 saturated heterocycles. The summed E-state index contributed by atoms with van der Waals surface area (Å²) in [5.74, 6) is -0.661. The lowest BCUT2D eigenvalue weighted by molar-refractivity contribution is -0.137. The number of carboxylic acid groups (broad SMARTS) is 1. The Morgan fingerprint density at radius 1 is 1.50 bits per heavy atom. The molecule has 1 aliphatic rings. The molecule has 1 aromatic heterocycles. The third-order valence-corrected chi connectivity index (χ3v) is 3.86. The van der Waals surface area contributed by atoms with Gasteiger partial charge in [0.15, 0.2) is 0 Å². The maximum Gasteiger partial charge on any atom is 0.303 e. The van der Waals surface area contributed by atoms with Crippen LogP contribution in [0.25, 0.3) is 0 Å². The van der Waals surface area contributed by atoms with Crippen molar-refractivity contribution in [2.24, 2.45) is 5.92 Å². The number of carbonyl (C=O) groups is 2. The number of pyridine rings is 1. The van der Waals surface area contributed by atoms with Crippen molar-refractivity contribution in [3.8, 4) is 0 Å². The highest BCUT2D eigenvalue weighted by Crippen LogP contribution is 2.23. The summed E-state index contributed by atoms with van der Waals surface area (Å²) in [5, 5.41) is 8.94. The molecule has 1 aromatic rings. The van der Waals surface area contributed by atoms with Crippen molar-refractivity contribution in [1.82, 2.24) is 9.88 Å². The molecule has 108 valence electrons. The van der Waals surface area contributed by atoms with Gasteiger partial charge < -0.3 is 10.0 Å². The van der Waals surface area contributed by atoms with Crippen LogP contribution in [0.15, 0.2) is 18.3 Å². The molecule has 1 unspecified atom stereocenters. The number of carbonyl (C=O) groups excluding carboxylic acids is 1. The molecule has 0 saturated carbocycles. The summed E-state index contributed by atoms with van der Waals surface area (Å²) in [6, 6.07) is 3.35. The van der Waals surface area contributed by atoms with Crippen molar-refractivity contribution in [1.29, 1.82) is 0 Å². The van der Waals surface area contributed by atoms with E-state index in [1.165, 1.54) is 0 Å². The number of hydrogen-bond acceptors (Lipinski definition) is 3. The van der Waals surface area contributed by atoms with Gasteiger partial charge in [-0.15, -0.1) is 0 Å². The van der Waals surface area contributed by atoms with Crippen LogP contribution in [0.2, 0.25) is 5.15 Å². The van der Waals surface area contributed by atoms with Gasteiger partial charge in [-0.1, -0.05) is 11.6 Å². The Balaban J connectivity index is 2.00. The quantitative estimate of drug-likeness (QED) is 0.866. The summed E-state index contributed by atoms with van der Waals surface area (Å²) in [6.45, 7) is 1.28. The number of aromatic nitrogens is 1. The summed E-state index contributed by atoms with van der Waals surface area (Å²) in [4.78, 5) is 28.7. The van der Waals surface area contributed by atoms with E-state index in [1.807, 2.05) is 0 Å². The first kappa shape index (κ1) is 14.8. The standard InChI is InChI=1S/C14H17ClN2O3/c15-13-11(4-1-7-16-13)14(20)17-8-2-3-10(9-17)5-6-12(18)19/h1,4,7,10H,2-3,5-6,8-9H2,(H,18,19). The Bertz CT molecular complexity index is 507. The second-order valence-electron chi connectivity index (χ2n) is 5.03. The molecule has 1 fully saturated rings. The maximum atomic E-state index is 12.4. The average molecular weight is 297 g/mol. The van der Waals surface area contributed by atoms with E-state index in [0.29, 0.717) is 25.1 Å². The van der Waals surface area contributed by atoms with Gasteiger partial charge >= 0.3 is 5.97 Å². The summed E-state index contributed by atoms with van der Waals surface area (Å²) in [7, 11) is 0. The second kappa shape index (κ2) is 6.70. The summed E-state index contributed by atoms with van der Waals surface area (Å²) >= 11 is 5.94. The first-order chi connectivity index (χ1) is 9.58. The number of piperidine rings is 1. The predicted molar refractivity (Wildman–Crippen MR) is 74.7 cm³/mol. The number of amides is 1. The van der Waals surface area contributed by atoms with Crippen LogP contribution in [-0.2, 0) is 4.79 Å². The van der Waals surface area contributed by atoms with Gasteiger partial charge in [-0.2, -0.15) is 0 Å². The van der Waals surface area contributed by atoms with E-state index in [1.54, 1.807) is 23.2 Å². The largest absolute Gasteiger partial charge is 0.481 e. The first-order valence-electron chi connectivity index (χ1n) is 6.69. The first-order valence-corrected chi connectivity index (χ1v) is 7.07.